The minimum absolute atomic E-state index is 0. The number of nitrogen functional groups attached to an aromatic ring is 1. The quantitative estimate of drug-likeness (QED) is 0.0874. The van der Waals surface area contributed by atoms with Crippen LogP contribution in [0.25, 0.3) is 27.1 Å². The SMILES string of the molecule is Nc1ncnc2c1ncn2C1OC(C(=O)NCCCCCC(=O)N2CC[N-]CC[N-]CC[N-]CC2)C(O)C1O.O=S(=O)([O-])C(F)(F)F.O=S(=O)([O-])C(F)(F)F.[Zn+2]. The molecule has 21 nitrogen and oxygen atoms in total. The van der Waals surface area contributed by atoms with Crippen LogP contribution in [0, 0.1) is 0 Å². The van der Waals surface area contributed by atoms with Crippen molar-refractivity contribution in [3.05, 3.63) is 28.6 Å². The molecule has 2 fully saturated rings. The van der Waals surface area contributed by atoms with E-state index in [0.717, 1.165) is 6.42 Å². The standard InChI is InChI=1S/C24H37N10O5.2CHF3O3S.Zn/c25-21-17-22(31-14-30-21)34(15-32-17)24-19(37)18(36)20(39-24)23(38)29-5-3-1-2-4-16(35)33-12-10-27-8-6-26-7-9-28-11-13-33;2*2-1(3,4)8(5,6)7;/h14-15,18-20,24,36-37H,1-13H2,(H,29,38)(H2,25,30,31);2*(H,5,6,7);/q-3;;;+2/p-2. The monoisotopic (exact) mass is 907 g/mol. The molecule has 4 heterocycles. The zero-order valence-corrected chi connectivity index (χ0v) is 33.8. The maximum Gasteiger partial charge on any atom is 2.00 e. The van der Waals surface area contributed by atoms with Gasteiger partial charge < -0.3 is 56.0 Å². The van der Waals surface area contributed by atoms with E-state index in [1.807, 2.05) is 4.90 Å². The number of nitrogens with two attached hydrogens (primary N) is 1. The molecule has 2 aromatic heterocycles. The topological polar surface area (TPSA) is 325 Å². The van der Waals surface area contributed by atoms with Gasteiger partial charge in [0, 0.05) is 26.1 Å². The predicted octanol–water partition coefficient (Wildman–Crippen LogP) is -0.232. The summed E-state index contributed by atoms with van der Waals surface area (Å²) < 4.78 is 125. The molecule has 316 valence electrons. The first-order chi connectivity index (χ1) is 25.5. The Bertz CT molecular complexity index is 1710. The molecule has 4 unspecified atom stereocenters. The van der Waals surface area contributed by atoms with E-state index < -0.39 is 61.7 Å². The average molecular weight is 909 g/mol. The van der Waals surface area contributed by atoms with Gasteiger partial charge in [0.05, 0.1) is 6.33 Å². The number of halogens is 6. The molecule has 4 atom stereocenters. The van der Waals surface area contributed by atoms with E-state index in [1.54, 1.807) is 0 Å². The molecule has 4 rings (SSSR count). The van der Waals surface area contributed by atoms with Crippen molar-refractivity contribution in [1.82, 2.24) is 29.7 Å². The molecule has 5 N–H and O–H groups in total. The Morgan fingerprint density at radius 2 is 1.36 bits per heavy atom. The average Bonchev–Trinajstić information content (AvgIpc) is 3.62. The number of unbranched alkanes of at least 4 members (excludes halogenated alkanes) is 2. The van der Waals surface area contributed by atoms with Crippen LogP contribution in [-0.2, 0) is 54.0 Å². The van der Waals surface area contributed by atoms with E-state index >= 15 is 0 Å². The fourth-order valence-corrected chi connectivity index (χ4v) is 4.57. The number of aliphatic hydroxyl groups excluding tert-OH is 2. The summed E-state index contributed by atoms with van der Waals surface area (Å²) in [7, 11) is -12.2. The summed E-state index contributed by atoms with van der Waals surface area (Å²) in [5.74, 6) is -0.268. The molecule has 0 aliphatic carbocycles. The third-order valence-electron chi connectivity index (χ3n) is 7.33. The summed E-state index contributed by atoms with van der Waals surface area (Å²) in [6, 6.07) is 0. The summed E-state index contributed by atoms with van der Waals surface area (Å²) >= 11 is 0. The van der Waals surface area contributed by atoms with Gasteiger partial charge in [-0.3, -0.25) is 14.2 Å². The molecule has 2 amide bonds. The summed E-state index contributed by atoms with van der Waals surface area (Å²) in [6.07, 6.45) is 0.0175. The zero-order valence-electron chi connectivity index (χ0n) is 29.2. The summed E-state index contributed by atoms with van der Waals surface area (Å²) in [5, 5.41) is 37.0. The van der Waals surface area contributed by atoms with Gasteiger partial charge in [0.25, 0.3) is 5.91 Å². The Morgan fingerprint density at radius 1 is 0.857 bits per heavy atom. The van der Waals surface area contributed by atoms with Crippen LogP contribution in [0.3, 0.4) is 0 Å². The van der Waals surface area contributed by atoms with Gasteiger partial charge in [-0.05, 0) is 12.8 Å². The van der Waals surface area contributed by atoms with Gasteiger partial charge in [0.1, 0.15) is 24.1 Å². The minimum atomic E-state index is -6.09. The molecule has 2 saturated heterocycles. The molecular weight excluding hydrogens is 872 g/mol. The molecule has 0 radical (unpaired) electrons. The molecule has 2 aliphatic heterocycles. The van der Waals surface area contributed by atoms with Crippen molar-refractivity contribution >= 4 is 49.0 Å². The number of aromatic nitrogens is 4. The van der Waals surface area contributed by atoms with Crippen LogP contribution in [0.15, 0.2) is 12.7 Å². The number of rotatable bonds is 8. The Balaban J connectivity index is 0.000000773. The number of carbonyl (C=O) groups excluding carboxylic acids is 2. The maximum atomic E-state index is 12.7. The molecule has 2 aliphatic rings. The van der Waals surface area contributed by atoms with Gasteiger partial charge in [-0.15, -0.1) is 13.1 Å². The van der Waals surface area contributed by atoms with Gasteiger partial charge in [-0.1, -0.05) is 6.42 Å². The molecule has 2 aromatic rings. The van der Waals surface area contributed by atoms with Gasteiger partial charge >= 0.3 is 30.5 Å². The molecular formula is C26H37F6N10O11S2Zn-3. The van der Waals surface area contributed by atoms with E-state index in [9.17, 15) is 46.1 Å². The van der Waals surface area contributed by atoms with Crippen molar-refractivity contribution in [3.8, 4) is 0 Å². The Morgan fingerprint density at radius 3 is 1.86 bits per heavy atom. The van der Waals surface area contributed by atoms with Crippen LogP contribution in [0.2, 0.25) is 0 Å². The van der Waals surface area contributed by atoms with Crippen molar-refractivity contribution < 1.29 is 96.3 Å². The second-order valence-electron chi connectivity index (χ2n) is 11.3. The number of nitrogens with one attached hydrogen (secondary N) is 1. The van der Waals surface area contributed by atoms with Crippen LogP contribution in [0.5, 0.6) is 0 Å². The first-order valence-corrected chi connectivity index (χ1v) is 18.7. The number of carbonyl (C=O) groups is 2. The van der Waals surface area contributed by atoms with Crippen molar-refractivity contribution in [2.24, 2.45) is 0 Å². The Kier molecular flexibility index (Phi) is 20.9. The predicted molar refractivity (Wildman–Crippen MR) is 175 cm³/mol. The smallest absolute Gasteiger partial charge is 0.741 e. The van der Waals surface area contributed by atoms with Gasteiger partial charge in [0.2, 0.25) is 5.91 Å². The summed E-state index contributed by atoms with van der Waals surface area (Å²) in [4.78, 5) is 39.3. The van der Waals surface area contributed by atoms with E-state index in [0.29, 0.717) is 89.3 Å². The number of nitrogens with zero attached hydrogens (tertiary/aromatic N) is 8. The number of hydrogen-bond donors (Lipinski definition) is 4. The summed E-state index contributed by atoms with van der Waals surface area (Å²) in [6.45, 7) is 5.53. The van der Waals surface area contributed by atoms with Crippen LogP contribution in [0.1, 0.15) is 31.9 Å². The van der Waals surface area contributed by atoms with E-state index in [4.69, 9.17) is 36.4 Å². The number of ether oxygens (including phenoxy) is 1. The molecule has 0 bridgehead atoms. The normalized spacial score (nSPS) is 21.6. The summed E-state index contributed by atoms with van der Waals surface area (Å²) in [5.41, 5.74) is -4.83. The van der Waals surface area contributed by atoms with Gasteiger partial charge in [0.15, 0.2) is 44.0 Å². The van der Waals surface area contributed by atoms with Crippen LogP contribution in [-0.4, -0.2) is 161 Å². The number of amides is 2. The van der Waals surface area contributed by atoms with Gasteiger partial charge in [-0.2, -0.15) is 52.5 Å². The van der Waals surface area contributed by atoms with E-state index in [1.165, 1.54) is 17.2 Å². The Hall–Kier alpha value is -2.93. The molecule has 0 aromatic carbocycles. The fourth-order valence-electron chi connectivity index (χ4n) is 4.57. The number of alkyl halides is 6. The number of imidazole rings is 1. The number of hydrogen-bond acceptors (Lipinski definition) is 15. The molecule has 56 heavy (non-hydrogen) atoms. The van der Waals surface area contributed by atoms with Crippen molar-refractivity contribution in [3.63, 3.8) is 0 Å². The number of aliphatic hydroxyl groups is 2. The number of anilines is 1. The zero-order chi connectivity index (χ0) is 41.6. The second kappa shape index (κ2) is 22.9. The fraction of sp³-hybridized carbons (Fsp3) is 0.731. The first kappa shape index (κ1) is 51.1. The van der Waals surface area contributed by atoms with Crippen molar-refractivity contribution in [1.29, 1.82) is 0 Å². The largest absolute Gasteiger partial charge is 2.00 e. The molecule has 0 spiro atoms. The van der Waals surface area contributed by atoms with Crippen molar-refractivity contribution in [2.75, 3.05) is 64.6 Å². The molecule has 0 saturated carbocycles. The van der Waals surface area contributed by atoms with E-state index in [-0.39, 0.29) is 31.2 Å². The van der Waals surface area contributed by atoms with Crippen LogP contribution < -0.4 is 11.1 Å². The van der Waals surface area contributed by atoms with E-state index in [2.05, 4.69) is 36.2 Å². The first-order valence-electron chi connectivity index (χ1n) is 15.9. The Labute approximate surface area is 328 Å². The van der Waals surface area contributed by atoms with Gasteiger partial charge in [-0.25, -0.2) is 31.8 Å². The molecule has 30 heteroatoms. The van der Waals surface area contributed by atoms with Crippen molar-refractivity contribution in [2.45, 2.75) is 61.2 Å². The maximum absolute atomic E-state index is 12.7. The van der Waals surface area contributed by atoms with Crippen LogP contribution in [0.4, 0.5) is 32.2 Å². The minimum Gasteiger partial charge on any atom is -0.741 e. The van der Waals surface area contributed by atoms with Crippen LogP contribution >= 0.6 is 0 Å². The number of fused-ring (bicyclic) bond motifs is 1. The third-order valence-corrected chi connectivity index (χ3v) is 8.47. The second-order valence-corrected chi connectivity index (χ2v) is 14.0. The third kappa shape index (κ3) is 16.1.